The summed E-state index contributed by atoms with van der Waals surface area (Å²) in [5, 5.41) is 0. The van der Waals surface area contributed by atoms with Gasteiger partial charge in [0.05, 0.1) is 13.2 Å². The third-order valence-electron chi connectivity index (χ3n) is 1.55. The second-order valence-corrected chi connectivity index (χ2v) is 2.20. The van der Waals surface area contributed by atoms with Crippen molar-refractivity contribution >= 4 is 0 Å². The van der Waals surface area contributed by atoms with E-state index in [4.69, 9.17) is 16.2 Å². The van der Waals surface area contributed by atoms with Crippen molar-refractivity contribution in [2.75, 3.05) is 19.8 Å². The van der Waals surface area contributed by atoms with E-state index in [0.29, 0.717) is 19.1 Å². The Bertz CT molecular complexity index is 76.8. The Balaban J connectivity index is 2.30. The highest BCUT2D eigenvalue weighted by Gasteiger charge is 2.22. The zero-order valence-electron chi connectivity index (χ0n) is 4.84. The molecule has 1 saturated heterocycles. The molecule has 48 valence electrons. The lowest BCUT2D eigenvalue weighted by molar-refractivity contribution is 0.185. The highest BCUT2D eigenvalue weighted by Crippen LogP contribution is 2.08. The van der Waals surface area contributed by atoms with E-state index in [2.05, 4.69) is 0 Å². The van der Waals surface area contributed by atoms with Gasteiger partial charge in [-0.15, -0.1) is 0 Å². The van der Waals surface area contributed by atoms with Crippen LogP contribution in [0.15, 0.2) is 0 Å². The van der Waals surface area contributed by atoms with Gasteiger partial charge in [0.15, 0.2) is 0 Å². The second kappa shape index (κ2) is 2.44. The van der Waals surface area contributed by atoms with Crippen molar-refractivity contribution in [1.29, 1.82) is 0 Å². The Hall–Kier alpha value is -0.120. The van der Waals surface area contributed by atoms with Gasteiger partial charge in [0, 0.05) is 12.0 Å². The summed E-state index contributed by atoms with van der Waals surface area (Å²) in [4.78, 5) is 0. The Morgan fingerprint density at radius 1 is 1.50 bits per heavy atom. The average molecular weight is 116 g/mol. The second-order valence-electron chi connectivity index (χ2n) is 2.20. The van der Waals surface area contributed by atoms with E-state index < -0.39 is 0 Å². The van der Waals surface area contributed by atoms with Crippen molar-refractivity contribution in [2.24, 2.45) is 17.4 Å². The Kier molecular flexibility index (Phi) is 1.83. The minimum absolute atomic E-state index is 0.181. The van der Waals surface area contributed by atoms with E-state index in [1.807, 2.05) is 0 Å². The number of ether oxygens (including phenoxy) is 1. The van der Waals surface area contributed by atoms with Gasteiger partial charge >= 0.3 is 0 Å². The van der Waals surface area contributed by atoms with Crippen LogP contribution in [0.1, 0.15) is 0 Å². The molecule has 3 heteroatoms. The summed E-state index contributed by atoms with van der Waals surface area (Å²) < 4.78 is 5.06. The van der Waals surface area contributed by atoms with Crippen molar-refractivity contribution in [3.8, 4) is 0 Å². The SMILES string of the molecule is NCC1COCC1N. The van der Waals surface area contributed by atoms with Gasteiger partial charge in [0.1, 0.15) is 0 Å². The van der Waals surface area contributed by atoms with Gasteiger partial charge in [-0.3, -0.25) is 0 Å². The lowest BCUT2D eigenvalue weighted by Crippen LogP contribution is -2.33. The van der Waals surface area contributed by atoms with Gasteiger partial charge in [0.2, 0.25) is 0 Å². The summed E-state index contributed by atoms with van der Waals surface area (Å²) in [6, 6.07) is 0.181. The zero-order chi connectivity index (χ0) is 5.98. The lowest BCUT2D eigenvalue weighted by Gasteiger charge is -2.07. The Labute approximate surface area is 49.0 Å². The lowest BCUT2D eigenvalue weighted by atomic mass is 10.1. The summed E-state index contributed by atoms with van der Waals surface area (Å²) in [5.74, 6) is 0.398. The third-order valence-corrected chi connectivity index (χ3v) is 1.55. The molecule has 2 unspecified atom stereocenters. The summed E-state index contributed by atoms with van der Waals surface area (Å²) in [6.45, 7) is 2.08. The summed E-state index contributed by atoms with van der Waals surface area (Å²) in [5.41, 5.74) is 10.9. The molecule has 8 heavy (non-hydrogen) atoms. The molecule has 0 bridgehead atoms. The highest BCUT2D eigenvalue weighted by atomic mass is 16.5. The highest BCUT2D eigenvalue weighted by molar-refractivity contribution is 4.77. The quantitative estimate of drug-likeness (QED) is 0.458. The van der Waals surface area contributed by atoms with E-state index in [1.165, 1.54) is 0 Å². The molecule has 0 aromatic heterocycles. The van der Waals surface area contributed by atoms with E-state index >= 15 is 0 Å². The van der Waals surface area contributed by atoms with Gasteiger partial charge in [-0.25, -0.2) is 0 Å². The maximum Gasteiger partial charge on any atom is 0.0621 e. The fraction of sp³-hybridized carbons (Fsp3) is 1.00. The summed E-state index contributed by atoms with van der Waals surface area (Å²) >= 11 is 0. The molecule has 0 amide bonds. The molecule has 0 aromatic carbocycles. The molecule has 0 spiro atoms. The monoisotopic (exact) mass is 116 g/mol. The van der Waals surface area contributed by atoms with Crippen LogP contribution in [0.25, 0.3) is 0 Å². The largest absolute Gasteiger partial charge is 0.379 e. The maximum absolute atomic E-state index is 5.58. The molecular weight excluding hydrogens is 104 g/mol. The first kappa shape index (κ1) is 6.01. The topological polar surface area (TPSA) is 61.3 Å². The Morgan fingerprint density at radius 2 is 2.25 bits per heavy atom. The molecule has 1 fully saturated rings. The van der Waals surface area contributed by atoms with Crippen molar-refractivity contribution in [2.45, 2.75) is 6.04 Å². The minimum atomic E-state index is 0.181. The van der Waals surface area contributed by atoms with Crippen LogP contribution in [0, 0.1) is 5.92 Å². The first-order valence-electron chi connectivity index (χ1n) is 2.88. The van der Waals surface area contributed by atoms with Crippen LogP contribution < -0.4 is 11.5 Å². The first-order valence-corrected chi connectivity index (χ1v) is 2.88. The average Bonchev–Trinajstić information content (AvgIpc) is 2.14. The summed E-state index contributed by atoms with van der Waals surface area (Å²) in [6.07, 6.45) is 0. The normalized spacial score (nSPS) is 38.2. The molecule has 1 aliphatic heterocycles. The smallest absolute Gasteiger partial charge is 0.0621 e. The minimum Gasteiger partial charge on any atom is -0.379 e. The van der Waals surface area contributed by atoms with Crippen LogP contribution >= 0.6 is 0 Å². The van der Waals surface area contributed by atoms with Crippen LogP contribution in [0.5, 0.6) is 0 Å². The van der Waals surface area contributed by atoms with E-state index in [0.717, 1.165) is 6.61 Å². The van der Waals surface area contributed by atoms with E-state index in [9.17, 15) is 0 Å². The molecule has 0 aliphatic carbocycles. The molecule has 0 saturated carbocycles. The van der Waals surface area contributed by atoms with Crippen molar-refractivity contribution in [3.63, 3.8) is 0 Å². The first-order chi connectivity index (χ1) is 3.84. The Morgan fingerprint density at radius 3 is 2.50 bits per heavy atom. The van der Waals surface area contributed by atoms with Gasteiger partial charge in [-0.2, -0.15) is 0 Å². The molecule has 2 atom stereocenters. The van der Waals surface area contributed by atoms with Gasteiger partial charge < -0.3 is 16.2 Å². The van der Waals surface area contributed by atoms with Gasteiger partial charge in [-0.05, 0) is 6.54 Å². The predicted octanol–water partition coefficient (Wildman–Crippen LogP) is -1.08. The number of nitrogens with two attached hydrogens (primary N) is 2. The molecule has 0 aromatic rings. The maximum atomic E-state index is 5.58. The van der Waals surface area contributed by atoms with Crippen LogP contribution in [0.2, 0.25) is 0 Å². The number of hydrogen-bond acceptors (Lipinski definition) is 3. The van der Waals surface area contributed by atoms with Crippen molar-refractivity contribution < 1.29 is 4.74 Å². The standard InChI is InChI=1S/C5H12N2O/c6-1-4-2-8-3-5(4)7/h4-5H,1-3,6-7H2. The number of rotatable bonds is 1. The van der Waals surface area contributed by atoms with Crippen LogP contribution in [0.4, 0.5) is 0 Å². The molecular formula is C5H12N2O. The molecule has 1 heterocycles. The van der Waals surface area contributed by atoms with Gasteiger partial charge in [-0.1, -0.05) is 0 Å². The van der Waals surface area contributed by atoms with Crippen LogP contribution in [-0.2, 0) is 4.74 Å². The van der Waals surface area contributed by atoms with Crippen molar-refractivity contribution in [1.82, 2.24) is 0 Å². The van der Waals surface area contributed by atoms with E-state index in [-0.39, 0.29) is 6.04 Å². The molecule has 3 nitrogen and oxygen atoms in total. The van der Waals surface area contributed by atoms with Crippen LogP contribution in [0.3, 0.4) is 0 Å². The molecule has 1 aliphatic rings. The third kappa shape index (κ3) is 0.992. The van der Waals surface area contributed by atoms with Crippen molar-refractivity contribution in [3.05, 3.63) is 0 Å². The van der Waals surface area contributed by atoms with Gasteiger partial charge in [0.25, 0.3) is 0 Å². The fourth-order valence-electron chi connectivity index (χ4n) is 0.858. The van der Waals surface area contributed by atoms with E-state index in [1.54, 1.807) is 0 Å². The molecule has 1 rings (SSSR count). The fourth-order valence-corrected chi connectivity index (χ4v) is 0.858. The number of hydrogen-bond donors (Lipinski definition) is 2. The zero-order valence-corrected chi connectivity index (χ0v) is 4.84. The summed E-state index contributed by atoms with van der Waals surface area (Å²) in [7, 11) is 0. The predicted molar refractivity (Wildman–Crippen MR) is 31.3 cm³/mol. The van der Waals surface area contributed by atoms with Crippen LogP contribution in [-0.4, -0.2) is 25.8 Å². The molecule has 0 radical (unpaired) electrons. The molecule has 4 N–H and O–H groups in total.